The zero-order valence-corrected chi connectivity index (χ0v) is 15.1. The second-order valence-corrected chi connectivity index (χ2v) is 6.16. The third-order valence-corrected chi connectivity index (χ3v) is 4.13. The number of ether oxygens (including phenoxy) is 3. The molecular weight excluding hydrogens is 328 g/mol. The van der Waals surface area contributed by atoms with Crippen LogP contribution in [0.15, 0.2) is 54.6 Å². The van der Waals surface area contributed by atoms with Crippen molar-refractivity contribution in [1.82, 2.24) is 4.98 Å². The molecule has 1 heterocycles. The normalized spacial score (nSPS) is 11.9. The molecule has 0 bridgehead atoms. The molecule has 3 rings (SSSR count). The fourth-order valence-electron chi connectivity index (χ4n) is 2.71. The standard InChI is InChI=1S/C21H24N2O3/c1-15(6-5-13-25-18-11-9-17(24-2)10-12-18)26-20-14-16-7-3-4-8-19(16)23-21(20)22/h3-4,7-12,14-15H,5-6,13H2,1-2H3,(H2,22,23). The molecule has 26 heavy (non-hydrogen) atoms. The Kier molecular flexibility index (Phi) is 5.79. The predicted octanol–water partition coefficient (Wildman–Crippen LogP) is 4.45. The van der Waals surface area contributed by atoms with Crippen LogP contribution in [0, 0.1) is 0 Å². The number of fused-ring (bicyclic) bond motifs is 1. The van der Waals surface area contributed by atoms with Gasteiger partial charge in [-0.25, -0.2) is 4.98 Å². The highest BCUT2D eigenvalue weighted by Gasteiger charge is 2.10. The SMILES string of the molecule is COc1ccc(OCCCC(C)Oc2cc3ccccc3nc2N)cc1. The van der Waals surface area contributed by atoms with E-state index >= 15 is 0 Å². The first-order valence-corrected chi connectivity index (χ1v) is 8.74. The molecule has 2 N–H and O–H groups in total. The van der Waals surface area contributed by atoms with E-state index in [1.54, 1.807) is 7.11 Å². The fourth-order valence-corrected chi connectivity index (χ4v) is 2.71. The average Bonchev–Trinajstić information content (AvgIpc) is 2.66. The Labute approximate surface area is 153 Å². The number of rotatable bonds is 8. The minimum absolute atomic E-state index is 0.0275. The summed E-state index contributed by atoms with van der Waals surface area (Å²) < 4.78 is 16.8. The lowest BCUT2D eigenvalue weighted by Gasteiger charge is -2.16. The van der Waals surface area contributed by atoms with Crippen molar-refractivity contribution in [3.8, 4) is 17.2 Å². The van der Waals surface area contributed by atoms with Crippen molar-refractivity contribution in [3.63, 3.8) is 0 Å². The molecule has 1 aromatic heterocycles. The van der Waals surface area contributed by atoms with E-state index in [1.165, 1.54) is 0 Å². The largest absolute Gasteiger partial charge is 0.497 e. The van der Waals surface area contributed by atoms with Gasteiger partial charge in [-0.2, -0.15) is 0 Å². The number of pyridine rings is 1. The molecular formula is C21H24N2O3. The number of hydrogen-bond donors (Lipinski definition) is 1. The summed E-state index contributed by atoms with van der Waals surface area (Å²) in [6.45, 7) is 2.66. The van der Waals surface area contributed by atoms with Crippen molar-refractivity contribution in [2.24, 2.45) is 0 Å². The molecule has 0 saturated carbocycles. The summed E-state index contributed by atoms with van der Waals surface area (Å²) in [6.07, 6.45) is 1.77. The van der Waals surface area contributed by atoms with Crippen molar-refractivity contribution >= 4 is 16.7 Å². The molecule has 0 saturated heterocycles. The number of para-hydroxylation sites is 1. The summed E-state index contributed by atoms with van der Waals surface area (Å²) >= 11 is 0. The number of benzene rings is 2. The maximum atomic E-state index is 6.02. The van der Waals surface area contributed by atoms with Crippen LogP contribution in [-0.2, 0) is 0 Å². The van der Waals surface area contributed by atoms with E-state index < -0.39 is 0 Å². The first-order valence-electron chi connectivity index (χ1n) is 8.74. The molecule has 3 aromatic rings. The van der Waals surface area contributed by atoms with Gasteiger partial charge in [-0.05, 0) is 56.2 Å². The Bertz CT molecular complexity index is 850. The molecule has 1 unspecified atom stereocenters. The van der Waals surface area contributed by atoms with E-state index in [0.29, 0.717) is 18.2 Å². The van der Waals surface area contributed by atoms with Gasteiger partial charge in [-0.15, -0.1) is 0 Å². The van der Waals surface area contributed by atoms with Crippen LogP contribution >= 0.6 is 0 Å². The van der Waals surface area contributed by atoms with Gasteiger partial charge in [-0.3, -0.25) is 0 Å². The number of nitrogens with two attached hydrogens (primary N) is 1. The summed E-state index contributed by atoms with van der Waals surface area (Å²) in [7, 11) is 1.65. The Morgan fingerprint density at radius 1 is 1.04 bits per heavy atom. The second kappa shape index (κ2) is 8.43. The monoisotopic (exact) mass is 352 g/mol. The Morgan fingerprint density at radius 2 is 1.77 bits per heavy atom. The van der Waals surface area contributed by atoms with Crippen molar-refractivity contribution in [2.75, 3.05) is 19.5 Å². The summed E-state index contributed by atoms with van der Waals surface area (Å²) in [4.78, 5) is 4.40. The van der Waals surface area contributed by atoms with Crippen LogP contribution in [0.1, 0.15) is 19.8 Å². The third-order valence-electron chi connectivity index (χ3n) is 4.13. The highest BCUT2D eigenvalue weighted by Crippen LogP contribution is 2.26. The molecule has 1 atom stereocenters. The van der Waals surface area contributed by atoms with Crippen LogP contribution in [0.3, 0.4) is 0 Å². The van der Waals surface area contributed by atoms with Gasteiger partial charge in [-0.1, -0.05) is 18.2 Å². The van der Waals surface area contributed by atoms with Crippen LogP contribution < -0.4 is 19.9 Å². The highest BCUT2D eigenvalue weighted by atomic mass is 16.5. The maximum Gasteiger partial charge on any atom is 0.166 e. The van der Waals surface area contributed by atoms with E-state index in [0.717, 1.165) is 35.2 Å². The van der Waals surface area contributed by atoms with Crippen LogP contribution in [0.4, 0.5) is 5.82 Å². The number of nitrogens with zero attached hydrogens (tertiary/aromatic N) is 1. The van der Waals surface area contributed by atoms with Crippen molar-refractivity contribution in [1.29, 1.82) is 0 Å². The van der Waals surface area contributed by atoms with Gasteiger partial charge in [0.05, 0.1) is 25.3 Å². The summed E-state index contributed by atoms with van der Waals surface area (Å²) in [5.41, 5.74) is 6.89. The molecule has 0 fully saturated rings. The van der Waals surface area contributed by atoms with Crippen LogP contribution in [0.2, 0.25) is 0 Å². The van der Waals surface area contributed by atoms with Crippen molar-refractivity contribution in [2.45, 2.75) is 25.9 Å². The van der Waals surface area contributed by atoms with Gasteiger partial charge < -0.3 is 19.9 Å². The van der Waals surface area contributed by atoms with Crippen LogP contribution in [0.25, 0.3) is 10.9 Å². The number of nitrogen functional groups attached to an aromatic ring is 1. The molecule has 0 radical (unpaired) electrons. The molecule has 136 valence electrons. The molecule has 0 aliphatic carbocycles. The van der Waals surface area contributed by atoms with Crippen LogP contribution in [0.5, 0.6) is 17.2 Å². The van der Waals surface area contributed by atoms with E-state index in [1.807, 2.05) is 61.5 Å². The number of aromatic nitrogens is 1. The van der Waals surface area contributed by atoms with Gasteiger partial charge >= 0.3 is 0 Å². The lowest BCUT2D eigenvalue weighted by Crippen LogP contribution is -2.14. The highest BCUT2D eigenvalue weighted by molar-refractivity contribution is 5.82. The van der Waals surface area contributed by atoms with E-state index in [2.05, 4.69) is 4.98 Å². The molecule has 0 aliphatic heterocycles. The molecule has 0 aliphatic rings. The third kappa shape index (κ3) is 4.57. The maximum absolute atomic E-state index is 6.02. The van der Waals surface area contributed by atoms with Crippen LogP contribution in [-0.4, -0.2) is 24.8 Å². The number of anilines is 1. The summed E-state index contributed by atoms with van der Waals surface area (Å²) in [5, 5.41) is 1.02. The first-order chi connectivity index (χ1) is 12.7. The first kappa shape index (κ1) is 17.9. The molecule has 2 aromatic carbocycles. The van der Waals surface area contributed by atoms with Gasteiger partial charge in [0.15, 0.2) is 11.6 Å². The van der Waals surface area contributed by atoms with Gasteiger partial charge in [0, 0.05) is 5.39 Å². The Hall–Kier alpha value is -2.95. The molecule has 5 nitrogen and oxygen atoms in total. The lowest BCUT2D eigenvalue weighted by atomic mass is 10.2. The fraction of sp³-hybridized carbons (Fsp3) is 0.286. The Morgan fingerprint density at radius 3 is 2.54 bits per heavy atom. The minimum atomic E-state index is 0.0275. The quantitative estimate of drug-likeness (QED) is 0.607. The molecule has 0 amide bonds. The predicted molar refractivity (Wildman–Crippen MR) is 104 cm³/mol. The zero-order valence-electron chi connectivity index (χ0n) is 15.1. The molecule has 0 spiro atoms. The smallest absolute Gasteiger partial charge is 0.166 e. The number of methoxy groups -OCH3 is 1. The van der Waals surface area contributed by atoms with Crippen molar-refractivity contribution < 1.29 is 14.2 Å². The average molecular weight is 352 g/mol. The summed E-state index contributed by atoms with van der Waals surface area (Å²) in [6, 6.07) is 17.4. The minimum Gasteiger partial charge on any atom is -0.497 e. The topological polar surface area (TPSA) is 66.6 Å². The van der Waals surface area contributed by atoms with E-state index in [9.17, 15) is 0 Å². The van der Waals surface area contributed by atoms with Gasteiger partial charge in [0.25, 0.3) is 0 Å². The summed E-state index contributed by atoms with van der Waals surface area (Å²) in [5.74, 6) is 2.71. The second-order valence-electron chi connectivity index (χ2n) is 6.16. The Balaban J connectivity index is 1.48. The lowest BCUT2D eigenvalue weighted by molar-refractivity contribution is 0.194. The van der Waals surface area contributed by atoms with E-state index in [4.69, 9.17) is 19.9 Å². The number of hydrogen-bond acceptors (Lipinski definition) is 5. The van der Waals surface area contributed by atoms with Gasteiger partial charge in [0.1, 0.15) is 11.5 Å². The zero-order chi connectivity index (χ0) is 18.4. The van der Waals surface area contributed by atoms with Crippen molar-refractivity contribution in [3.05, 3.63) is 54.6 Å². The molecule has 5 heteroatoms. The van der Waals surface area contributed by atoms with Gasteiger partial charge in [0.2, 0.25) is 0 Å². The van der Waals surface area contributed by atoms with E-state index in [-0.39, 0.29) is 6.10 Å².